The molecule has 2 N–H and O–H groups in total. The van der Waals surface area contributed by atoms with Crippen molar-refractivity contribution in [2.24, 2.45) is 0 Å². The fourth-order valence-corrected chi connectivity index (χ4v) is 2.49. The normalized spacial score (nSPS) is 12.5. The third-order valence-electron chi connectivity index (χ3n) is 3.36. The number of halogens is 1. The number of aryl methyl sites for hydroxylation is 1. The van der Waals surface area contributed by atoms with Crippen LogP contribution in [0.5, 0.6) is 0 Å². The van der Waals surface area contributed by atoms with Crippen LogP contribution < -0.4 is 5.32 Å². The van der Waals surface area contributed by atoms with Gasteiger partial charge in [-0.25, -0.2) is 0 Å². The largest absolute Gasteiger partial charge is 0.468 e. The van der Waals surface area contributed by atoms with Crippen molar-refractivity contribution in [3.8, 4) is 11.3 Å². The van der Waals surface area contributed by atoms with Crippen molar-refractivity contribution < 1.29 is 14.0 Å². The lowest BCUT2D eigenvalue weighted by Gasteiger charge is -2.13. The number of benzene rings is 1. The van der Waals surface area contributed by atoms with Gasteiger partial charge >= 0.3 is 0 Å². The molecular weight excluding hydrogens is 304 g/mol. The van der Waals surface area contributed by atoms with Crippen LogP contribution in [0.15, 0.2) is 51.6 Å². The first-order valence-electron chi connectivity index (χ1n) is 6.81. The summed E-state index contributed by atoms with van der Waals surface area (Å²) >= 11 is 6.20. The summed E-state index contributed by atoms with van der Waals surface area (Å²) in [5, 5.41) is 18.0. The summed E-state index contributed by atoms with van der Waals surface area (Å²) in [4.78, 5) is 0. The highest BCUT2D eigenvalue weighted by Gasteiger charge is 2.23. The summed E-state index contributed by atoms with van der Waals surface area (Å²) in [5.74, 6) is 1.27. The van der Waals surface area contributed by atoms with E-state index in [9.17, 15) is 5.11 Å². The molecule has 0 saturated carbocycles. The van der Waals surface area contributed by atoms with E-state index in [4.69, 9.17) is 20.5 Å². The van der Waals surface area contributed by atoms with Crippen LogP contribution in [0.2, 0.25) is 5.02 Å². The first-order valence-corrected chi connectivity index (χ1v) is 7.19. The molecule has 3 rings (SSSR count). The summed E-state index contributed by atoms with van der Waals surface area (Å²) in [6, 6.07) is 10.9. The van der Waals surface area contributed by atoms with Crippen LogP contribution in [0, 0.1) is 6.92 Å². The second-order valence-corrected chi connectivity index (χ2v) is 5.25. The average molecular weight is 319 g/mol. The lowest BCUT2D eigenvalue weighted by molar-refractivity contribution is 0.133. The minimum atomic E-state index is -0.942. The quantitative estimate of drug-likeness (QED) is 0.702. The van der Waals surface area contributed by atoms with E-state index in [2.05, 4.69) is 10.5 Å². The fourth-order valence-electron chi connectivity index (χ4n) is 2.26. The Kier molecular flexibility index (Phi) is 4.29. The molecule has 1 atom stereocenters. The molecule has 22 heavy (non-hydrogen) atoms. The number of rotatable bonds is 5. The van der Waals surface area contributed by atoms with Gasteiger partial charge in [0.1, 0.15) is 23.4 Å². The Morgan fingerprint density at radius 3 is 2.82 bits per heavy atom. The number of furan rings is 1. The van der Waals surface area contributed by atoms with E-state index in [0.29, 0.717) is 28.6 Å². The second-order valence-electron chi connectivity index (χ2n) is 4.84. The van der Waals surface area contributed by atoms with Gasteiger partial charge in [0.2, 0.25) is 0 Å². The molecule has 0 aliphatic heterocycles. The molecule has 0 unspecified atom stereocenters. The highest BCUT2D eigenvalue weighted by Crippen LogP contribution is 2.33. The molecule has 2 heterocycles. The molecule has 0 spiro atoms. The van der Waals surface area contributed by atoms with E-state index in [0.717, 1.165) is 11.3 Å². The molecule has 2 aromatic heterocycles. The number of hydrogen-bond acceptors (Lipinski definition) is 5. The predicted molar refractivity (Wildman–Crippen MR) is 82.2 cm³/mol. The topological polar surface area (TPSA) is 71.4 Å². The van der Waals surface area contributed by atoms with Gasteiger partial charge in [-0.1, -0.05) is 35.0 Å². The summed E-state index contributed by atoms with van der Waals surface area (Å²) in [6.45, 7) is 2.14. The van der Waals surface area contributed by atoms with Crippen molar-refractivity contribution >= 4 is 11.6 Å². The molecule has 1 aromatic carbocycles. The van der Waals surface area contributed by atoms with Gasteiger partial charge in [0, 0.05) is 5.56 Å². The third-order valence-corrected chi connectivity index (χ3v) is 3.69. The van der Waals surface area contributed by atoms with E-state index < -0.39 is 6.23 Å². The molecule has 0 bridgehead atoms. The Balaban J connectivity index is 1.87. The number of aliphatic hydroxyl groups is 1. The van der Waals surface area contributed by atoms with E-state index in [1.54, 1.807) is 25.3 Å². The lowest BCUT2D eigenvalue weighted by atomic mass is 10.0. The Hall–Kier alpha value is -2.08. The highest BCUT2D eigenvalue weighted by atomic mass is 35.5. The first kappa shape index (κ1) is 14.8. The van der Waals surface area contributed by atoms with Crippen LogP contribution in [-0.4, -0.2) is 10.3 Å². The molecule has 0 aliphatic carbocycles. The Morgan fingerprint density at radius 2 is 2.09 bits per heavy atom. The minimum Gasteiger partial charge on any atom is -0.468 e. The van der Waals surface area contributed by atoms with Gasteiger partial charge in [0.05, 0.1) is 23.4 Å². The van der Waals surface area contributed by atoms with Crippen LogP contribution >= 0.6 is 11.6 Å². The first-order chi connectivity index (χ1) is 10.7. The van der Waals surface area contributed by atoms with Crippen LogP contribution in [-0.2, 0) is 6.54 Å². The molecule has 0 radical (unpaired) electrons. The van der Waals surface area contributed by atoms with E-state index in [-0.39, 0.29) is 0 Å². The number of aromatic nitrogens is 1. The molecule has 3 aromatic rings. The molecule has 0 saturated heterocycles. The summed E-state index contributed by atoms with van der Waals surface area (Å²) in [6.07, 6.45) is 0.645. The number of nitrogens with one attached hydrogen (secondary N) is 1. The van der Waals surface area contributed by atoms with Crippen LogP contribution in [0.25, 0.3) is 11.3 Å². The Labute approximate surface area is 132 Å². The zero-order chi connectivity index (χ0) is 15.5. The van der Waals surface area contributed by atoms with Gasteiger partial charge in [0.15, 0.2) is 0 Å². The Bertz CT molecular complexity index is 753. The zero-order valence-electron chi connectivity index (χ0n) is 11.9. The van der Waals surface area contributed by atoms with Crippen LogP contribution in [0.4, 0.5) is 0 Å². The summed E-state index contributed by atoms with van der Waals surface area (Å²) < 4.78 is 10.5. The Morgan fingerprint density at radius 1 is 1.27 bits per heavy atom. The standard InChI is InChI=1S/C16H15ClN2O3/c1-10-14(16(20)18-9-11-5-4-8-21-11)15(19-22-10)12-6-2-3-7-13(12)17/h2-8,16,18,20H,9H2,1H3/t16-/m0/s1. The zero-order valence-corrected chi connectivity index (χ0v) is 12.7. The second kappa shape index (κ2) is 6.36. The SMILES string of the molecule is Cc1onc(-c2ccccc2Cl)c1[C@H](O)NCc1ccco1. The number of hydrogen-bond donors (Lipinski definition) is 2. The van der Waals surface area contributed by atoms with Gasteiger partial charge in [-0.15, -0.1) is 0 Å². The van der Waals surface area contributed by atoms with Crippen molar-refractivity contribution in [3.63, 3.8) is 0 Å². The van der Waals surface area contributed by atoms with E-state index in [1.807, 2.05) is 24.3 Å². The van der Waals surface area contributed by atoms with Crippen molar-refractivity contribution in [2.75, 3.05) is 0 Å². The average Bonchev–Trinajstić information content (AvgIpc) is 3.15. The molecule has 5 nitrogen and oxygen atoms in total. The highest BCUT2D eigenvalue weighted by molar-refractivity contribution is 6.33. The maximum absolute atomic E-state index is 10.4. The molecule has 114 valence electrons. The van der Waals surface area contributed by atoms with Crippen LogP contribution in [0.1, 0.15) is 23.3 Å². The van der Waals surface area contributed by atoms with Crippen LogP contribution in [0.3, 0.4) is 0 Å². The van der Waals surface area contributed by atoms with Crippen molar-refractivity contribution in [1.82, 2.24) is 10.5 Å². The van der Waals surface area contributed by atoms with Gasteiger partial charge in [-0.3, -0.25) is 5.32 Å². The molecule has 0 aliphatic rings. The van der Waals surface area contributed by atoms with Gasteiger partial charge in [-0.2, -0.15) is 0 Å². The molecule has 0 fully saturated rings. The smallest absolute Gasteiger partial charge is 0.141 e. The lowest BCUT2D eigenvalue weighted by Crippen LogP contribution is -2.21. The third kappa shape index (κ3) is 2.92. The monoisotopic (exact) mass is 318 g/mol. The van der Waals surface area contributed by atoms with Gasteiger partial charge in [-0.05, 0) is 25.1 Å². The predicted octanol–water partition coefficient (Wildman–Crippen LogP) is 3.68. The fraction of sp³-hybridized carbons (Fsp3) is 0.188. The molecular formula is C16H15ClN2O3. The van der Waals surface area contributed by atoms with Crippen molar-refractivity contribution in [1.29, 1.82) is 0 Å². The molecule has 6 heteroatoms. The molecule has 0 amide bonds. The van der Waals surface area contributed by atoms with Gasteiger partial charge in [0.25, 0.3) is 0 Å². The maximum Gasteiger partial charge on any atom is 0.141 e. The minimum absolute atomic E-state index is 0.390. The van der Waals surface area contributed by atoms with Gasteiger partial charge < -0.3 is 14.0 Å². The number of aliphatic hydroxyl groups excluding tert-OH is 1. The summed E-state index contributed by atoms with van der Waals surface area (Å²) in [7, 11) is 0. The van der Waals surface area contributed by atoms with E-state index in [1.165, 1.54) is 0 Å². The van der Waals surface area contributed by atoms with Crippen molar-refractivity contribution in [3.05, 3.63) is 64.8 Å². The van der Waals surface area contributed by atoms with Crippen molar-refractivity contribution in [2.45, 2.75) is 19.7 Å². The number of nitrogens with zero attached hydrogens (tertiary/aromatic N) is 1. The van der Waals surface area contributed by atoms with E-state index >= 15 is 0 Å². The summed E-state index contributed by atoms with van der Waals surface area (Å²) in [5.41, 5.74) is 1.82. The maximum atomic E-state index is 10.4.